The summed E-state index contributed by atoms with van der Waals surface area (Å²) < 4.78 is 10.4. The van der Waals surface area contributed by atoms with E-state index in [1.165, 1.54) is 0 Å². The number of carbonyl (C=O) groups excluding carboxylic acids is 1. The van der Waals surface area contributed by atoms with E-state index in [0.29, 0.717) is 12.4 Å². The van der Waals surface area contributed by atoms with Crippen molar-refractivity contribution in [2.45, 2.75) is 40.2 Å². The lowest BCUT2D eigenvalue weighted by Crippen LogP contribution is -2.24. The number of nitrogens with zero attached hydrogens (tertiary/aromatic N) is 1. The van der Waals surface area contributed by atoms with Gasteiger partial charge in [0.25, 0.3) is 0 Å². The SMILES string of the molecule is CCCN(CCC)Cc1ccc(C(=O)OCC)o1. The molecule has 0 N–H and O–H groups in total. The predicted molar refractivity (Wildman–Crippen MR) is 70.5 cm³/mol. The molecule has 1 heterocycles. The fraction of sp³-hybridized carbons (Fsp3) is 0.643. The maximum atomic E-state index is 11.5. The van der Waals surface area contributed by atoms with Crippen LogP contribution >= 0.6 is 0 Å². The maximum absolute atomic E-state index is 11.5. The van der Waals surface area contributed by atoms with Crippen molar-refractivity contribution in [2.24, 2.45) is 0 Å². The van der Waals surface area contributed by atoms with Gasteiger partial charge in [0.15, 0.2) is 0 Å². The van der Waals surface area contributed by atoms with Gasteiger partial charge < -0.3 is 9.15 Å². The Hall–Kier alpha value is -1.29. The molecule has 0 spiro atoms. The molecule has 0 saturated heterocycles. The quantitative estimate of drug-likeness (QED) is 0.668. The molecular weight excluding hydrogens is 230 g/mol. The first-order chi connectivity index (χ1) is 8.71. The molecule has 0 amide bonds. The molecule has 1 aromatic heterocycles. The molecule has 102 valence electrons. The third kappa shape index (κ3) is 4.53. The average Bonchev–Trinajstić information content (AvgIpc) is 2.78. The van der Waals surface area contributed by atoms with Crippen LogP contribution in [0.15, 0.2) is 16.5 Å². The Bertz CT molecular complexity index is 354. The second-order valence-corrected chi connectivity index (χ2v) is 4.26. The highest BCUT2D eigenvalue weighted by Crippen LogP contribution is 2.12. The molecule has 4 heteroatoms. The number of hydrogen-bond acceptors (Lipinski definition) is 4. The number of esters is 1. The summed E-state index contributed by atoms with van der Waals surface area (Å²) in [4.78, 5) is 13.8. The molecule has 1 rings (SSSR count). The third-order valence-electron chi connectivity index (χ3n) is 2.60. The Balaban J connectivity index is 2.58. The van der Waals surface area contributed by atoms with Crippen molar-refractivity contribution in [3.05, 3.63) is 23.7 Å². The van der Waals surface area contributed by atoms with Crippen LogP contribution in [0.2, 0.25) is 0 Å². The summed E-state index contributed by atoms with van der Waals surface area (Å²) in [5.74, 6) is 0.723. The zero-order valence-corrected chi connectivity index (χ0v) is 11.6. The minimum Gasteiger partial charge on any atom is -0.460 e. The normalized spacial score (nSPS) is 10.9. The van der Waals surface area contributed by atoms with Crippen LogP contribution in [0.1, 0.15) is 49.9 Å². The van der Waals surface area contributed by atoms with Crippen molar-refractivity contribution in [2.75, 3.05) is 19.7 Å². The Morgan fingerprint density at radius 2 is 1.89 bits per heavy atom. The molecule has 1 aromatic rings. The fourth-order valence-electron chi connectivity index (χ4n) is 1.90. The highest BCUT2D eigenvalue weighted by Gasteiger charge is 2.13. The molecule has 4 nitrogen and oxygen atoms in total. The standard InChI is InChI=1S/C14H23NO3/c1-4-9-15(10-5-2)11-12-7-8-13(18-12)14(16)17-6-3/h7-8H,4-6,9-11H2,1-3H3. The zero-order chi connectivity index (χ0) is 13.4. The summed E-state index contributed by atoms with van der Waals surface area (Å²) in [5.41, 5.74) is 0. The molecule has 0 aromatic carbocycles. The molecular formula is C14H23NO3. The average molecular weight is 253 g/mol. The van der Waals surface area contributed by atoms with Gasteiger partial charge in [-0.15, -0.1) is 0 Å². The molecule has 0 aliphatic rings. The van der Waals surface area contributed by atoms with Crippen LogP contribution in [0, 0.1) is 0 Å². The van der Waals surface area contributed by atoms with E-state index in [1.54, 1.807) is 13.0 Å². The van der Waals surface area contributed by atoms with Gasteiger partial charge in [-0.25, -0.2) is 4.79 Å². The number of furan rings is 1. The van der Waals surface area contributed by atoms with Crippen LogP contribution in [-0.4, -0.2) is 30.6 Å². The molecule has 0 radical (unpaired) electrons. The van der Waals surface area contributed by atoms with Crippen LogP contribution in [0.5, 0.6) is 0 Å². The first-order valence-electron chi connectivity index (χ1n) is 6.69. The lowest BCUT2D eigenvalue weighted by atomic mass is 10.3. The van der Waals surface area contributed by atoms with Crippen LogP contribution in [-0.2, 0) is 11.3 Å². The van der Waals surface area contributed by atoms with Crippen molar-refractivity contribution in [1.82, 2.24) is 4.90 Å². The highest BCUT2D eigenvalue weighted by molar-refractivity contribution is 5.86. The van der Waals surface area contributed by atoms with Gasteiger partial charge in [0.05, 0.1) is 13.2 Å². The van der Waals surface area contributed by atoms with Gasteiger partial charge in [0.1, 0.15) is 5.76 Å². The summed E-state index contributed by atoms with van der Waals surface area (Å²) >= 11 is 0. The molecule has 0 atom stereocenters. The summed E-state index contributed by atoms with van der Waals surface area (Å²) in [5, 5.41) is 0. The van der Waals surface area contributed by atoms with Crippen LogP contribution in [0.3, 0.4) is 0 Å². The first-order valence-corrected chi connectivity index (χ1v) is 6.69. The molecule has 0 aliphatic carbocycles. The van der Waals surface area contributed by atoms with Gasteiger partial charge in [0.2, 0.25) is 5.76 Å². The number of carbonyl (C=O) groups is 1. The van der Waals surface area contributed by atoms with E-state index in [9.17, 15) is 4.79 Å². The second kappa shape index (κ2) is 7.93. The number of rotatable bonds is 8. The van der Waals surface area contributed by atoms with Crippen LogP contribution in [0.25, 0.3) is 0 Å². The fourth-order valence-corrected chi connectivity index (χ4v) is 1.90. The van der Waals surface area contributed by atoms with Crippen molar-refractivity contribution in [1.29, 1.82) is 0 Å². The van der Waals surface area contributed by atoms with E-state index in [-0.39, 0.29) is 5.97 Å². The van der Waals surface area contributed by atoms with E-state index in [0.717, 1.165) is 38.2 Å². The smallest absolute Gasteiger partial charge is 0.374 e. The Morgan fingerprint density at radius 1 is 1.22 bits per heavy atom. The first kappa shape index (κ1) is 14.8. The van der Waals surface area contributed by atoms with Crippen molar-refractivity contribution in [3.63, 3.8) is 0 Å². The molecule has 0 fully saturated rings. The summed E-state index contributed by atoms with van der Waals surface area (Å²) in [6.45, 7) is 9.32. The number of hydrogen-bond donors (Lipinski definition) is 0. The zero-order valence-electron chi connectivity index (χ0n) is 11.6. The minimum absolute atomic E-state index is 0.291. The monoisotopic (exact) mass is 253 g/mol. The van der Waals surface area contributed by atoms with Crippen molar-refractivity contribution in [3.8, 4) is 0 Å². The van der Waals surface area contributed by atoms with Gasteiger partial charge in [-0.3, -0.25) is 4.90 Å². The summed E-state index contributed by atoms with van der Waals surface area (Å²) in [6.07, 6.45) is 2.23. The summed E-state index contributed by atoms with van der Waals surface area (Å²) in [6, 6.07) is 3.54. The topological polar surface area (TPSA) is 42.7 Å². The molecule has 0 aliphatic heterocycles. The van der Waals surface area contributed by atoms with Gasteiger partial charge in [-0.05, 0) is 45.0 Å². The maximum Gasteiger partial charge on any atom is 0.374 e. The highest BCUT2D eigenvalue weighted by atomic mass is 16.5. The van der Waals surface area contributed by atoms with E-state index in [1.807, 2.05) is 6.07 Å². The molecule has 0 unspecified atom stereocenters. The Labute approximate surface area is 109 Å². The second-order valence-electron chi connectivity index (χ2n) is 4.26. The van der Waals surface area contributed by atoms with E-state index in [4.69, 9.17) is 9.15 Å². The van der Waals surface area contributed by atoms with E-state index < -0.39 is 0 Å². The van der Waals surface area contributed by atoms with Gasteiger partial charge >= 0.3 is 5.97 Å². The lowest BCUT2D eigenvalue weighted by molar-refractivity contribution is 0.0486. The molecule has 18 heavy (non-hydrogen) atoms. The van der Waals surface area contributed by atoms with Crippen molar-refractivity contribution < 1.29 is 13.9 Å². The largest absolute Gasteiger partial charge is 0.460 e. The van der Waals surface area contributed by atoms with Crippen LogP contribution in [0.4, 0.5) is 0 Å². The van der Waals surface area contributed by atoms with Gasteiger partial charge in [-0.1, -0.05) is 13.8 Å². The Kier molecular flexibility index (Phi) is 6.50. The third-order valence-corrected chi connectivity index (χ3v) is 2.60. The lowest BCUT2D eigenvalue weighted by Gasteiger charge is -2.19. The Morgan fingerprint density at radius 3 is 2.44 bits per heavy atom. The molecule has 0 saturated carbocycles. The minimum atomic E-state index is -0.388. The van der Waals surface area contributed by atoms with Gasteiger partial charge in [0, 0.05) is 0 Å². The summed E-state index contributed by atoms with van der Waals surface area (Å²) in [7, 11) is 0. The number of ether oxygens (including phenoxy) is 1. The van der Waals surface area contributed by atoms with E-state index >= 15 is 0 Å². The van der Waals surface area contributed by atoms with Crippen LogP contribution < -0.4 is 0 Å². The molecule has 0 bridgehead atoms. The van der Waals surface area contributed by atoms with Gasteiger partial charge in [-0.2, -0.15) is 0 Å². The van der Waals surface area contributed by atoms with E-state index in [2.05, 4.69) is 18.7 Å². The van der Waals surface area contributed by atoms with Crippen molar-refractivity contribution >= 4 is 5.97 Å². The predicted octanol–water partition coefficient (Wildman–Crippen LogP) is 3.08.